The molecule has 0 saturated carbocycles. The molecular weight excluding hydrogens is 255 g/mol. The molecule has 2 aromatic rings. The molecule has 108 valence electrons. The molecule has 2 N–H and O–H groups in total. The van der Waals surface area contributed by atoms with Gasteiger partial charge in [-0.2, -0.15) is 0 Å². The van der Waals surface area contributed by atoms with E-state index in [1.807, 2.05) is 39.1 Å². The highest BCUT2D eigenvalue weighted by atomic mass is 19.1. The SMILES string of the molecule is Cc1cc(CN(C)C(C)c2ccccc2F)oc1CN. The summed E-state index contributed by atoms with van der Waals surface area (Å²) in [6, 6.07) is 8.83. The van der Waals surface area contributed by atoms with Crippen LogP contribution in [0.25, 0.3) is 0 Å². The maximum absolute atomic E-state index is 13.8. The van der Waals surface area contributed by atoms with Crippen molar-refractivity contribution in [1.82, 2.24) is 4.90 Å². The van der Waals surface area contributed by atoms with Gasteiger partial charge in [0.25, 0.3) is 0 Å². The molecule has 1 aromatic carbocycles. The summed E-state index contributed by atoms with van der Waals surface area (Å²) in [5, 5.41) is 0. The van der Waals surface area contributed by atoms with Crippen molar-refractivity contribution in [3.05, 3.63) is 58.8 Å². The molecule has 20 heavy (non-hydrogen) atoms. The van der Waals surface area contributed by atoms with Gasteiger partial charge >= 0.3 is 0 Å². The van der Waals surface area contributed by atoms with Crippen LogP contribution in [-0.4, -0.2) is 11.9 Å². The molecule has 0 fully saturated rings. The van der Waals surface area contributed by atoms with Crippen LogP contribution in [0.3, 0.4) is 0 Å². The smallest absolute Gasteiger partial charge is 0.127 e. The summed E-state index contributed by atoms with van der Waals surface area (Å²) in [5.41, 5.74) is 7.36. The van der Waals surface area contributed by atoms with E-state index in [0.29, 0.717) is 18.7 Å². The summed E-state index contributed by atoms with van der Waals surface area (Å²) < 4.78 is 19.5. The lowest BCUT2D eigenvalue weighted by Crippen LogP contribution is -2.22. The molecule has 0 aliphatic heterocycles. The van der Waals surface area contributed by atoms with Crippen LogP contribution in [0.1, 0.15) is 35.6 Å². The third kappa shape index (κ3) is 3.08. The molecule has 1 heterocycles. The lowest BCUT2D eigenvalue weighted by molar-refractivity contribution is 0.226. The van der Waals surface area contributed by atoms with Gasteiger partial charge in [-0.15, -0.1) is 0 Å². The Balaban J connectivity index is 2.11. The van der Waals surface area contributed by atoms with Crippen molar-refractivity contribution in [1.29, 1.82) is 0 Å². The van der Waals surface area contributed by atoms with Gasteiger partial charge < -0.3 is 10.2 Å². The number of hydrogen-bond acceptors (Lipinski definition) is 3. The van der Waals surface area contributed by atoms with Gasteiger partial charge in [0.1, 0.15) is 17.3 Å². The molecule has 1 aromatic heterocycles. The standard InChI is InChI=1S/C16H21FN2O/c1-11-8-13(20-16(11)9-18)10-19(3)12(2)14-6-4-5-7-15(14)17/h4-8,12H,9-10,18H2,1-3H3. The third-order valence-corrected chi connectivity index (χ3v) is 3.68. The highest BCUT2D eigenvalue weighted by Gasteiger charge is 2.17. The molecule has 0 aliphatic rings. The highest BCUT2D eigenvalue weighted by molar-refractivity contribution is 5.22. The molecule has 0 aliphatic carbocycles. The van der Waals surface area contributed by atoms with E-state index in [0.717, 1.165) is 17.1 Å². The van der Waals surface area contributed by atoms with E-state index in [1.54, 1.807) is 6.07 Å². The number of halogens is 1. The maximum atomic E-state index is 13.8. The molecule has 0 saturated heterocycles. The van der Waals surface area contributed by atoms with Gasteiger partial charge in [-0.1, -0.05) is 18.2 Å². The zero-order valence-electron chi connectivity index (χ0n) is 12.2. The molecular formula is C16H21FN2O. The second-order valence-corrected chi connectivity index (χ2v) is 5.14. The Morgan fingerprint density at radius 1 is 1.35 bits per heavy atom. The van der Waals surface area contributed by atoms with Crippen LogP contribution in [0.4, 0.5) is 4.39 Å². The first-order valence-electron chi connectivity index (χ1n) is 6.75. The van der Waals surface area contributed by atoms with E-state index in [4.69, 9.17) is 10.2 Å². The number of nitrogens with two attached hydrogens (primary N) is 1. The predicted molar refractivity (Wildman–Crippen MR) is 77.6 cm³/mol. The average Bonchev–Trinajstić information content (AvgIpc) is 2.78. The van der Waals surface area contributed by atoms with Crippen LogP contribution in [0.15, 0.2) is 34.7 Å². The molecule has 1 unspecified atom stereocenters. The van der Waals surface area contributed by atoms with Crippen LogP contribution < -0.4 is 5.73 Å². The highest BCUT2D eigenvalue weighted by Crippen LogP contribution is 2.24. The van der Waals surface area contributed by atoms with Crippen molar-refractivity contribution in [2.45, 2.75) is 33.0 Å². The largest absolute Gasteiger partial charge is 0.463 e. The molecule has 0 radical (unpaired) electrons. The Bertz CT molecular complexity index is 580. The van der Waals surface area contributed by atoms with Gasteiger partial charge in [0, 0.05) is 11.6 Å². The first kappa shape index (κ1) is 14.8. The third-order valence-electron chi connectivity index (χ3n) is 3.68. The Morgan fingerprint density at radius 2 is 2.05 bits per heavy atom. The predicted octanol–water partition coefficient (Wildman–Crippen LogP) is 3.38. The van der Waals surface area contributed by atoms with Crippen LogP contribution in [-0.2, 0) is 13.1 Å². The molecule has 2 rings (SSSR count). The minimum Gasteiger partial charge on any atom is -0.463 e. The fourth-order valence-corrected chi connectivity index (χ4v) is 2.30. The fourth-order valence-electron chi connectivity index (χ4n) is 2.30. The Hall–Kier alpha value is -1.65. The van der Waals surface area contributed by atoms with Gasteiger partial charge in [0.05, 0.1) is 13.1 Å². The fraction of sp³-hybridized carbons (Fsp3) is 0.375. The summed E-state index contributed by atoms with van der Waals surface area (Å²) in [6.07, 6.45) is 0. The van der Waals surface area contributed by atoms with Crippen molar-refractivity contribution in [3.63, 3.8) is 0 Å². The minimum absolute atomic E-state index is 0.0251. The number of hydrogen-bond donors (Lipinski definition) is 1. The van der Waals surface area contributed by atoms with Gasteiger partial charge in [-0.3, -0.25) is 4.90 Å². The number of benzene rings is 1. The van der Waals surface area contributed by atoms with Crippen molar-refractivity contribution >= 4 is 0 Å². The summed E-state index contributed by atoms with van der Waals surface area (Å²) in [5.74, 6) is 1.49. The van der Waals surface area contributed by atoms with Crippen molar-refractivity contribution < 1.29 is 8.81 Å². The van der Waals surface area contributed by atoms with Crippen LogP contribution in [0, 0.1) is 12.7 Å². The Kier molecular flexibility index (Phi) is 4.57. The Labute approximate surface area is 119 Å². The van der Waals surface area contributed by atoms with Gasteiger partial charge in [0.15, 0.2) is 0 Å². The number of nitrogens with zero attached hydrogens (tertiary/aromatic N) is 1. The molecule has 0 bridgehead atoms. The molecule has 3 nitrogen and oxygen atoms in total. The van der Waals surface area contributed by atoms with Gasteiger partial charge in [-0.05, 0) is 38.6 Å². The average molecular weight is 276 g/mol. The molecule has 4 heteroatoms. The maximum Gasteiger partial charge on any atom is 0.127 e. The van der Waals surface area contributed by atoms with E-state index >= 15 is 0 Å². The van der Waals surface area contributed by atoms with E-state index in [9.17, 15) is 4.39 Å². The van der Waals surface area contributed by atoms with Crippen LogP contribution >= 0.6 is 0 Å². The number of furan rings is 1. The first-order valence-corrected chi connectivity index (χ1v) is 6.75. The van der Waals surface area contributed by atoms with Crippen LogP contribution in [0.2, 0.25) is 0 Å². The minimum atomic E-state index is -0.176. The molecule has 0 spiro atoms. The van der Waals surface area contributed by atoms with Crippen molar-refractivity contribution in [2.24, 2.45) is 5.73 Å². The summed E-state index contributed by atoms with van der Waals surface area (Å²) in [4.78, 5) is 2.05. The van der Waals surface area contributed by atoms with Gasteiger partial charge in [0.2, 0.25) is 0 Å². The lowest BCUT2D eigenvalue weighted by atomic mass is 10.1. The second-order valence-electron chi connectivity index (χ2n) is 5.14. The van der Waals surface area contributed by atoms with E-state index in [1.165, 1.54) is 6.07 Å². The van der Waals surface area contributed by atoms with Crippen molar-refractivity contribution in [2.75, 3.05) is 7.05 Å². The summed E-state index contributed by atoms with van der Waals surface area (Å²) >= 11 is 0. The number of rotatable bonds is 5. The normalized spacial score (nSPS) is 12.9. The van der Waals surface area contributed by atoms with E-state index < -0.39 is 0 Å². The number of aryl methyl sites for hydroxylation is 1. The molecule has 0 amide bonds. The zero-order valence-corrected chi connectivity index (χ0v) is 12.2. The quantitative estimate of drug-likeness (QED) is 0.910. The van der Waals surface area contributed by atoms with Crippen molar-refractivity contribution in [3.8, 4) is 0 Å². The topological polar surface area (TPSA) is 42.4 Å². The molecule has 1 atom stereocenters. The Morgan fingerprint density at radius 3 is 2.65 bits per heavy atom. The first-order chi connectivity index (χ1) is 9.52. The monoisotopic (exact) mass is 276 g/mol. The van der Waals surface area contributed by atoms with Crippen LogP contribution in [0.5, 0.6) is 0 Å². The second kappa shape index (κ2) is 6.20. The summed E-state index contributed by atoms with van der Waals surface area (Å²) in [6.45, 7) is 4.99. The van der Waals surface area contributed by atoms with E-state index in [2.05, 4.69) is 4.90 Å². The zero-order chi connectivity index (χ0) is 14.7. The summed E-state index contributed by atoms with van der Waals surface area (Å²) in [7, 11) is 1.96. The van der Waals surface area contributed by atoms with Gasteiger partial charge in [-0.25, -0.2) is 4.39 Å². The lowest BCUT2D eigenvalue weighted by Gasteiger charge is -2.24. The van der Waals surface area contributed by atoms with E-state index in [-0.39, 0.29) is 11.9 Å².